The lowest BCUT2D eigenvalue weighted by Gasteiger charge is -2.20. The number of benzene rings is 3. The first-order valence-corrected chi connectivity index (χ1v) is 10.9. The SMILES string of the molecule is COc1ccccc1NCC1C(=Nc2ccccc2C(=O)O)NOC1c1ccc(N(C)C)cc1. The number of rotatable bonds is 8. The number of carbonyl (C=O) groups is 1. The Morgan fingerprint density at radius 3 is 2.50 bits per heavy atom. The van der Waals surface area contributed by atoms with Crippen LogP contribution in [0.4, 0.5) is 17.1 Å². The molecular formula is C26H28N4O4. The predicted octanol–water partition coefficient (Wildman–Crippen LogP) is 4.49. The molecule has 1 saturated heterocycles. The molecule has 34 heavy (non-hydrogen) atoms. The van der Waals surface area contributed by atoms with E-state index in [9.17, 15) is 9.90 Å². The highest BCUT2D eigenvalue weighted by Gasteiger charge is 2.36. The zero-order valence-electron chi connectivity index (χ0n) is 19.4. The Labute approximate surface area is 198 Å². The van der Waals surface area contributed by atoms with Gasteiger partial charge in [0.1, 0.15) is 17.7 Å². The van der Waals surface area contributed by atoms with E-state index in [0.717, 1.165) is 22.7 Å². The van der Waals surface area contributed by atoms with Gasteiger partial charge in [-0.2, -0.15) is 0 Å². The summed E-state index contributed by atoms with van der Waals surface area (Å²) in [5, 5.41) is 13.0. The van der Waals surface area contributed by atoms with Gasteiger partial charge in [0.2, 0.25) is 0 Å². The van der Waals surface area contributed by atoms with E-state index in [2.05, 4.69) is 15.8 Å². The summed E-state index contributed by atoms with van der Waals surface area (Å²) in [6.45, 7) is 0.488. The highest BCUT2D eigenvalue weighted by atomic mass is 16.7. The van der Waals surface area contributed by atoms with E-state index in [-0.39, 0.29) is 17.6 Å². The second kappa shape index (κ2) is 10.3. The van der Waals surface area contributed by atoms with Crippen LogP contribution in [0.2, 0.25) is 0 Å². The molecule has 1 fully saturated rings. The number of carboxylic acids is 1. The van der Waals surface area contributed by atoms with Crippen molar-refractivity contribution in [2.75, 3.05) is 38.0 Å². The minimum atomic E-state index is -1.03. The molecule has 0 amide bonds. The summed E-state index contributed by atoms with van der Waals surface area (Å²) in [5.74, 6) is 0.0455. The van der Waals surface area contributed by atoms with Crippen molar-refractivity contribution in [3.63, 3.8) is 0 Å². The third kappa shape index (κ3) is 4.97. The van der Waals surface area contributed by atoms with Crippen molar-refractivity contribution < 1.29 is 19.5 Å². The first-order valence-electron chi connectivity index (χ1n) is 10.9. The monoisotopic (exact) mass is 460 g/mol. The van der Waals surface area contributed by atoms with Crippen LogP contribution in [-0.2, 0) is 4.84 Å². The Morgan fingerprint density at radius 2 is 1.79 bits per heavy atom. The summed E-state index contributed by atoms with van der Waals surface area (Å²) in [4.78, 5) is 24.3. The molecule has 3 aromatic rings. The number of hydroxylamine groups is 1. The van der Waals surface area contributed by atoms with Crippen molar-refractivity contribution in [1.29, 1.82) is 0 Å². The minimum Gasteiger partial charge on any atom is -0.495 e. The highest BCUT2D eigenvalue weighted by Crippen LogP contribution is 2.34. The lowest BCUT2D eigenvalue weighted by atomic mass is 9.95. The van der Waals surface area contributed by atoms with Crippen LogP contribution in [0, 0.1) is 5.92 Å². The Balaban J connectivity index is 1.67. The molecule has 3 aromatic carbocycles. The van der Waals surface area contributed by atoms with Crippen molar-refractivity contribution in [2.24, 2.45) is 10.9 Å². The number of methoxy groups -OCH3 is 1. The standard InChI is InChI=1S/C26H28N4O4/c1-30(2)18-14-12-17(13-15-18)24-20(16-27-22-10-6-7-11-23(22)33-3)25(29-34-24)28-21-9-5-4-8-19(21)26(31)32/h4-15,20,24,27H,16H2,1-3H3,(H,28,29)(H,31,32). The predicted molar refractivity (Wildman–Crippen MR) is 133 cm³/mol. The molecule has 2 unspecified atom stereocenters. The average Bonchev–Trinajstić information content (AvgIpc) is 3.25. The van der Waals surface area contributed by atoms with Crippen LogP contribution in [0.15, 0.2) is 77.8 Å². The number of carboxylic acid groups (broad SMARTS) is 1. The van der Waals surface area contributed by atoms with Gasteiger partial charge in [0, 0.05) is 26.3 Å². The lowest BCUT2D eigenvalue weighted by Crippen LogP contribution is -2.27. The molecule has 0 saturated carbocycles. The molecule has 0 spiro atoms. The fraction of sp³-hybridized carbons (Fsp3) is 0.231. The van der Waals surface area contributed by atoms with Crippen molar-refractivity contribution in [1.82, 2.24) is 5.48 Å². The minimum absolute atomic E-state index is 0.132. The average molecular weight is 461 g/mol. The van der Waals surface area contributed by atoms with Crippen LogP contribution in [0.25, 0.3) is 0 Å². The molecule has 0 aliphatic carbocycles. The molecule has 0 bridgehead atoms. The molecule has 3 N–H and O–H groups in total. The zero-order valence-corrected chi connectivity index (χ0v) is 19.4. The fourth-order valence-corrected chi connectivity index (χ4v) is 3.89. The normalized spacial score (nSPS) is 18.4. The molecule has 176 valence electrons. The smallest absolute Gasteiger partial charge is 0.337 e. The summed E-state index contributed by atoms with van der Waals surface area (Å²) >= 11 is 0. The maximum Gasteiger partial charge on any atom is 0.337 e. The number of nitrogens with zero attached hydrogens (tertiary/aromatic N) is 2. The summed E-state index contributed by atoms with van der Waals surface area (Å²) in [6, 6.07) is 22.5. The van der Waals surface area contributed by atoms with Crippen LogP contribution < -0.4 is 20.4 Å². The lowest BCUT2D eigenvalue weighted by molar-refractivity contribution is 0.0296. The number of ether oxygens (including phenoxy) is 1. The first-order chi connectivity index (χ1) is 16.5. The molecule has 1 aliphatic heterocycles. The van der Waals surface area contributed by atoms with Gasteiger partial charge in [0.25, 0.3) is 0 Å². The largest absolute Gasteiger partial charge is 0.495 e. The van der Waals surface area contributed by atoms with E-state index in [4.69, 9.17) is 9.57 Å². The Bertz CT molecular complexity index is 1180. The molecular weight excluding hydrogens is 432 g/mol. The summed E-state index contributed by atoms with van der Waals surface area (Å²) < 4.78 is 5.46. The first kappa shape index (κ1) is 23.1. The van der Waals surface area contributed by atoms with Gasteiger partial charge in [-0.25, -0.2) is 9.79 Å². The van der Waals surface area contributed by atoms with Crippen molar-refractivity contribution in [2.45, 2.75) is 6.10 Å². The Kier molecular flexibility index (Phi) is 6.98. The summed E-state index contributed by atoms with van der Waals surface area (Å²) in [6.07, 6.45) is -0.325. The molecule has 4 rings (SSSR count). The van der Waals surface area contributed by atoms with Crippen LogP contribution >= 0.6 is 0 Å². The van der Waals surface area contributed by atoms with Gasteiger partial charge in [0.15, 0.2) is 0 Å². The second-order valence-electron chi connectivity index (χ2n) is 8.13. The summed E-state index contributed by atoms with van der Waals surface area (Å²) in [5.41, 5.74) is 6.37. The Hall–Kier alpha value is -4.04. The van der Waals surface area contributed by atoms with E-state index in [1.54, 1.807) is 25.3 Å². The molecule has 0 radical (unpaired) electrons. The van der Waals surface area contributed by atoms with Crippen molar-refractivity contribution in [3.05, 3.63) is 83.9 Å². The number of nitrogens with one attached hydrogen (secondary N) is 2. The number of aromatic carboxylic acids is 1. The van der Waals surface area contributed by atoms with Crippen molar-refractivity contribution in [3.8, 4) is 5.75 Å². The molecule has 1 aliphatic rings. The molecule has 0 aromatic heterocycles. The quantitative estimate of drug-likeness (QED) is 0.456. The van der Waals surface area contributed by atoms with Gasteiger partial charge in [-0.1, -0.05) is 36.4 Å². The van der Waals surface area contributed by atoms with Crippen molar-refractivity contribution >= 4 is 28.9 Å². The summed E-state index contributed by atoms with van der Waals surface area (Å²) in [7, 11) is 5.62. The third-order valence-electron chi connectivity index (χ3n) is 5.74. The highest BCUT2D eigenvalue weighted by molar-refractivity contribution is 5.96. The van der Waals surface area contributed by atoms with Gasteiger partial charge in [-0.3, -0.25) is 10.3 Å². The number of anilines is 2. The number of para-hydroxylation sites is 3. The number of aliphatic imine (C=N–C) groups is 1. The molecule has 2 atom stereocenters. The van der Waals surface area contributed by atoms with Crippen LogP contribution in [0.1, 0.15) is 22.0 Å². The molecule has 1 heterocycles. The fourth-order valence-electron chi connectivity index (χ4n) is 3.89. The van der Waals surface area contributed by atoms with E-state index in [1.165, 1.54) is 6.07 Å². The van der Waals surface area contributed by atoms with Crippen LogP contribution in [-0.4, -0.2) is 44.7 Å². The van der Waals surface area contributed by atoms with Gasteiger partial charge in [0.05, 0.1) is 30.0 Å². The number of hydrogen-bond acceptors (Lipinski definition) is 6. The van der Waals surface area contributed by atoms with E-state index >= 15 is 0 Å². The van der Waals surface area contributed by atoms with E-state index in [1.807, 2.05) is 67.5 Å². The topological polar surface area (TPSA) is 95.4 Å². The second-order valence-corrected chi connectivity index (χ2v) is 8.13. The van der Waals surface area contributed by atoms with Crippen LogP contribution in [0.3, 0.4) is 0 Å². The number of amidine groups is 1. The zero-order chi connectivity index (χ0) is 24.1. The van der Waals surface area contributed by atoms with E-state index in [0.29, 0.717) is 18.1 Å². The number of hydrogen-bond donors (Lipinski definition) is 3. The Morgan fingerprint density at radius 1 is 1.09 bits per heavy atom. The molecule has 8 heteroatoms. The van der Waals surface area contributed by atoms with Gasteiger partial charge in [-0.15, -0.1) is 0 Å². The molecule has 8 nitrogen and oxygen atoms in total. The van der Waals surface area contributed by atoms with Gasteiger partial charge >= 0.3 is 5.97 Å². The van der Waals surface area contributed by atoms with Gasteiger partial charge < -0.3 is 20.1 Å². The maximum atomic E-state index is 11.7. The van der Waals surface area contributed by atoms with Crippen LogP contribution in [0.5, 0.6) is 5.75 Å². The third-order valence-corrected chi connectivity index (χ3v) is 5.74. The van der Waals surface area contributed by atoms with Gasteiger partial charge in [-0.05, 0) is 42.0 Å². The maximum absolute atomic E-state index is 11.7. The van der Waals surface area contributed by atoms with E-state index < -0.39 is 5.97 Å².